The Labute approximate surface area is 166 Å². The van der Waals surface area contributed by atoms with Gasteiger partial charge >= 0.3 is 0 Å². The Kier molecular flexibility index (Phi) is 7.79. The molecule has 2 saturated heterocycles. The van der Waals surface area contributed by atoms with Gasteiger partial charge in [0.25, 0.3) is 0 Å². The molecule has 0 aromatic rings. The fourth-order valence-corrected chi connectivity index (χ4v) is 4.98. The van der Waals surface area contributed by atoms with Crippen LogP contribution in [0.3, 0.4) is 0 Å². The molecule has 27 heavy (non-hydrogen) atoms. The van der Waals surface area contributed by atoms with Crippen LogP contribution in [0.5, 0.6) is 0 Å². The topological polar surface area (TPSA) is 43.3 Å². The molecule has 0 radical (unpaired) electrons. The van der Waals surface area contributed by atoms with Crippen molar-refractivity contribution in [1.82, 2.24) is 20.0 Å². The van der Waals surface area contributed by atoms with E-state index >= 15 is 0 Å². The molecule has 1 N–H and O–H groups in total. The molecule has 2 heterocycles. The molecule has 0 spiro atoms. The minimum Gasteiger partial charge on any atom is -0.381 e. The van der Waals surface area contributed by atoms with Crippen molar-refractivity contribution in [2.24, 2.45) is 10.9 Å². The van der Waals surface area contributed by atoms with E-state index in [1.807, 2.05) is 7.05 Å². The molecule has 1 aliphatic carbocycles. The van der Waals surface area contributed by atoms with Gasteiger partial charge in [-0.3, -0.25) is 9.89 Å². The largest absolute Gasteiger partial charge is 0.381 e. The fraction of sp³-hybridized carbons (Fsp3) is 0.952. The van der Waals surface area contributed by atoms with Crippen molar-refractivity contribution >= 4 is 5.96 Å². The molecule has 6 nitrogen and oxygen atoms in total. The van der Waals surface area contributed by atoms with Gasteiger partial charge in [0, 0.05) is 58.5 Å². The van der Waals surface area contributed by atoms with Gasteiger partial charge in [0.2, 0.25) is 0 Å². The second-order valence-corrected chi connectivity index (χ2v) is 8.95. The molecule has 3 fully saturated rings. The van der Waals surface area contributed by atoms with E-state index in [0.717, 1.165) is 57.8 Å². The minimum atomic E-state index is 0.275. The lowest BCUT2D eigenvalue weighted by Crippen LogP contribution is -2.57. The van der Waals surface area contributed by atoms with Gasteiger partial charge in [-0.2, -0.15) is 0 Å². The highest BCUT2D eigenvalue weighted by atomic mass is 16.5. The maximum Gasteiger partial charge on any atom is 0.193 e. The van der Waals surface area contributed by atoms with Crippen LogP contribution in [0.1, 0.15) is 44.9 Å². The van der Waals surface area contributed by atoms with Gasteiger partial charge in [0.15, 0.2) is 5.96 Å². The predicted octanol–water partition coefficient (Wildman–Crippen LogP) is 1.87. The van der Waals surface area contributed by atoms with Gasteiger partial charge in [0.1, 0.15) is 0 Å². The molecule has 3 rings (SSSR count). The van der Waals surface area contributed by atoms with Crippen molar-refractivity contribution in [2.75, 3.05) is 73.6 Å². The molecule has 0 aromatic carbocycles. The Bertz CT molecular complexity index is 459. The number of nitrogens with one attached hydrogen (secondary N) is 1. The van der Waals surface area contributed by atoms with Gasteiger partial charge in [-0.15, -0.1) is 0 Å². The van der Waals surface area contributed by atoms with E-state index < -0.39 is 0 Å². The van der Waals surface area contributed by atoms with Gasteiger partial charge < -0.3 is 19.9 Å². The molecule has 1 unspecified atom stereocenters. The zero-order valence-corrected chi connectivity index (χ0v) is 17.9. The Balaban J connectivity index is 1.48. The number of aliphatic imine (C=N–C) groups is 1. The number of rotatable bonds is 5. The zero-order valence-electron chi connectivity index (χ0n) is 17.9. The van der Waals surface area contributed by atoms with E-state index in [4.69, 9.17) is 4.74 Å². The number of ether oxygens (including phenoxy) is 1. The lowest BCUT2D eigenvalue weighted by atomic mass is 9.88. The molecule has 0 bridgehead atoms. The van der Waals surface area contributed by atoms with Crippen molar-refractivity contribution in [3.05, 3.63) is 0 Å². The summed E-state index contributed by atoms with van der Waals surface area (Å²) in [5.74, 6) is 1.83. The van der Waals surface area contributed by atoms with Gasteiger partial charge in [-0.05, 0) is 39.3 Å². The van der Waals surface area contributed by atoms with Gasteiger partial charge in [-0.25, -0.2) is 0 Å². The molecule has 1 saturated carbocycles. The second kappa shape index (κ2) is 10.1. The summed E-state index contributed by atoms with van der Waals surface area (Å²) in [4.78, 5) is 12.1. The highest BCUT2D eigenvalue weighted by molar-refractivity contribution is 5.80. The average Bonchev–Trinajstić information content (AvgIpc) is 3.06. The summed E-state index contributed by atoms with van der Waals surface area (Å²) in [6.45, 7) is 8.53. The van der Waals surface area contributed by atoms with Crippen LogP contribution in [0.25, 0.3) is 0 Å². The molecule has 0 amide bonds. The second-order valence-electron chi connectivity index (χ2n) is 8.95. The van der Waals surface area contributed by atoms with Gasteiger partial charge in [-0.1, -0.05) is 25.7 Å². The summed E-state index contributed by atoms with van der Waals surface area (Å²) in [6.07, 6.45) is 9.29. The van der Waals surface area contributed by atoms with Crippen LogP contribution in [0.4, 0.5) is 0 Å². The summed E-state index contributed by atoms with van der Waals surface area (Å²) in [7, 11) is 6.43. The Hall–Kier alpha value is -0.850. The van der Waals surface area contributed by atoms with Crippen molar-refractivity contribution in [1.29, 1.82) is 0 Å². The maximum absolute atomic E-state index is 5.53. The SMILES string of the molecule is CN=C(NCC1(N(C)C)CCCCCC1)N1CCN(CC2CCOC2)CC1. The minimum absolute atomic E-state index is 0.275. The first-order valence-corrected chi connectivity index (χ1v) is 11.1. The van der Waals surface area contributed by atoms with Crippen LogP contribution in [0.2, 0.25) is 0 Å². The van der Waals surface area contributed by atoms with Crippen LogP contribution in [-0.2, 0) is 4.74 Å². The normalized spacial score (nSPS) is 27.8. The molecule has 2 aliphatic heterocycles. The van der Waals surface area contributed by atoms with Crippen LogP contribution in [0, 0.1) is 5.92 Å². The van der Waals surface area contributed by atoms with E-state index in [2.05, 4.69) is 39.1 Å². The van der Waals surface area contributed by atoms with E-state index in [1.165, 1.54) is 51.5 Å². The smallest absolute Gasteiger partial charge is 0.193 e. The average molecular weight is 380 g/mol. The summed E-state index contributed by atoms with van der Waals surface area (Å²) in [5.41, 5.74) is 0.275. The predicted molar refractivity (Wildman–Crippen MR) is 112 cm³/mol. The number of hydrogen-bond donors (Lipinski definition) is 1. The third-order valence-electron chi connectivity index (χ3n) is 6.98. The quantitative estimate of drug-likeness (QED) is 0.449. The van der Waals surface area contributed by atoms with E-state index in [9.17, 15) is 0 Å². The van der Waals surface area contributed by atoms with Crippen LogP contribution in [-0.4, -0.2) is 99.8 Å². The highest BCUT2D eigenvalue weighted by Crippen LogP contribution is 2.30. The molecular formula is C21H41N5O. The van der Waals surface area contributed by atoms with Crippen molar-refractivity contribution in [3.8, 4) is 0 Å². The molecule has 0 aromatic heterocycles. The van der Waals surface area contributed by atoms with E-state index in [0.29, 0.717) is 0 Å². The number of hydrogen-bond acceptors (Lipinski definition) is 4. The van der Waals surface area contributed by atoms with E-state index in [1.54, 1.807) is 0 Å². The maximum atomic E-state index is 5.53. The first-order valence-electron chi connectivity index (χ1n) is 11.1. The number of likely N-dealkylation sites (N-methyl/N-ethyl adjacent to an activating group) is 1. The summed E-state index contributed by atoms with van der Waals surface area (Å²) in [6, 6.07) is 0. The van der Waals surface area contributed by atoms with Crippen molar-refractivity contribution in [3.63, 3.8) is 0 Å². The van der Waals surface area contributed by atoms with Crippen LogP contribution in [0.15, 0.2) is 4.99 Å². The summed E-state index contributed by atoms with van der Waals surface area (Å²) >= 11 is 0. The lowest BCUT2D eigenvalue weighted by Gasteiger charge is -2.42. The first-order chi connectivity index (χ1) is 13.1. The van der Waals surface area contributed by atoms with Crippen LogP contribution < -0.4 is 5.32 Å². The van der Waals surface area contributed by atoms with Crippen molar-refractivity contribution in [2.45, 2.75) is 50.5 Å². The Morgan fingerprint density at radius 2 is 1.81 bits per heavy atom. The van der Waals surface area contributed by atoms with Crippen LogP contribution >= 0.6 is 0 Å². The summed E-state index contributed by atoms with van der Waals surface area (Å²) in [5, 5.41) is 3.74. The lowest BCUT2D eigenvalue weighted by molar-refractivity contribution is 0.125. The number of guanidine groups is 1. The standard InChI is InChI=1S/C21H41N5O/c1-22-20(23-18-21(24(2)3)9-6-4-5-7-10-21)26-13-11-25(12-14-26)16-19-8-15-27-17-19/h19H,4-18H2,1-3H3,(H,22,23). The molecule has 6 heteroatoms. The third-order valence-corrected chi connectivity index (χ3v) is 6.98. The Morgan fingerprint density at radius 1 is 1.11 bits per heavy atom. The summed E-state index contributed by atoms with van der Waals surface area (Å²) < 4.78 is 5.53. The monoisotopic (exact) mass is 379 g/mol. The van der Waals surface area contributed by atoms with E-state index in [-0.39, 0.29) is 5.54 Å². The molecular weight excluding hydrogens is 338 g/mol. The molecule has 1 atom stereocenters. The zero-order chi connectivity index (χ0) is 19.1. The number of piperazine rings is 1. The molecule has 3 aliphatic rings. The third kappa shape index (κ3) is 5.58. The molecule has 156 valence electrons. The number of nitrogens with zero attached hydrogens (tertiary/aromatic N) is 4. The van der Waals surface area contributed by atoms with Gasteiger partial charge in [0.05, 0.1) is 6.61 Å². The highest BCUT2D eigenvalue weighted by Gasteiger charge is 2.34. The van der Waals surface area contributed by atoms with Crippen molar-refractivity contribution < 1.29 is 4.74 Å². The fourth-order valence-electron chi connectivity index (χ4n) is 4.98. The first kappa shape index (κ1) is 20.9. The Morgan fingerprint density at radius 3 is 2.37 bits per heavy atom.